The molecular weight excluding hydrogens is 453 g/mol. The first-order valence-corrected chi connectivity index (χ1v) is 10.9. The number of benzene rings is 1. The molecule has 3 aromatic rings. The Bertz CT molecular complexity index is 1090. The molecule has 0 fully saturated rings. The number of hydrogen-bond donors (Lipinski definition) is 4. The Balaban J connectivity index is 1.52. The van der Waals surface area contributed by atoms with Crippen LogP contribution < -0.4 is 10.6 Å². The summed E-state index contributed by atoms with van der Waals surface area (Å²) < 4.78 is 0. The maximum Gasteiger partial charge on any atom is 0.318 e. The number of anilines is 1. The molecule has 11 heteroatoms. The topological polar surface area (TPSA) is 119 Å². The van der Waals surface area contributed by atoms with E-state index in [1.807, 2.05) is 13.0 Å². The summed E-state index contributed by atoms with van der Waals surface area (Å²) in [5.41, 5.74) is 3.29. The molecule has 9 nitrogen and oxygen atoms in total. The summed E-state index contributed by atoms with van der Waals surface area (Å²) in [4.78, 5) is 23.7. The van der Waals surface area contributed by atoms with E-state index < -0.39 is 6.04 Å². The molecule has 4 rings (SSSR count). The molecule has 1 aliphatic rings. The highest BCUT2D eigenvalue weighted by atomic mass is 35.5. The molecule has 2 aromatic heterocycles. The van der Waals surface area contributed by atoms with Crippen molar-refractivity contribution in [1.29, 1.82) is 0 Å². The Morgan fingerprint density at radius 3 is 2.88 bits per heavy atom. The lowest BCUT2D eigenvalue weighted by Gasteiger charge is -2.30. The van der Waals surface area contributed by atoms with Crippen molar-refractivity contribution in [2.75, 3.05) is 18.5 Å². The quantitative estimate of drug-likeness (QED) is 0.434. The van der Waals surface area contributed by atoms with Gasteiger partial charge in [-0.15, -0.1) is 0 Å². The zero-order valence-corrected chi connectivity index (χ0v) is 18.9. The van der Waals surface area contributed by atoms with Gasteiger partial charge in [-0.3, -0.25) is 5.10 Å². The summed E-state index contributed by atoms with van der Waals surface area (Å²) in [5, 5.41) is 23.1. The fraction of sp³-hybridized carbons (Fsp3) is 0.333. The van der Waals surface area contributed by atoms with Crippen LogP contribution in [0.25, 0.3) is 0 Å². The van der Waals surface area contributed by atoms with E-state index in [1.165, 1.54) is 0 Å². The summed E-state index contributed by atoms with van der Waals surface area (Å²) in [6, 6.07) is 6.16. The van der Waals surface area contributed by atoms with Gasteiger partial charge in [-0.2, -0.15) is 5.10 Å². The third-order valence-corrected chi connectivity index (χ3v) is 6.00. The minimum Gasteiger partial charge on any atom is -0.394 e. The van der Waals surface area contributed by atoms with Crippen LogP contribution in [0.15, 0.2) is 36.7 Å². The summed E-state index contributed by atoms with van der Waals surface area (Å²) in [6.07, 6.45) is 4.05. The van der Waals surface area contributed by atoms with Crippen molar-refractivity contribution in [3.05, 3.63) is 69.2 Å². The largest absolute Gasteiger partial charge is 0.394 e. The number of urea groups is 1. The predicted octanol–water partition coefficient (Wildman–Crippen LogP) is 3.16. The zero-order chi connectivity index (χ0) is 22.7. The molecule has 0 aliphatic carbocycles. The van der Waals surface area contributed by atoms with Crippen LogP contribution in [-0.2, 0) is 13.0 Å². The van der Waals surface area contributed by atoms with Gasteiger partial charge in [-0.05, 0) is 42.7 Å². The lowest BCUT2D eigenvalue weighted by molar-refractivity contribution is 0.188. The van der Waals surface area contributed by atoms with Gasteiger partial charge in [0.15, 0.2) is 0 Å². The molecule has 4 N–H and O–H groups in total. The van der Waals surface area contributed by atoms with Crippen molar-refractivity contribution in [3.63, 3.8) is 0 Å². The van der Waals surface area contributed by atoms with Gasteiger partial charge < -0.3 is 20.6 Å². The highest BCUT2D eigenvalue weighted by molar-refractivity contribution is 6.42. The molecule has 2 amide bonds. The number of aromatic nitrogens is 4. The zero-order valence-electron chi connectivity index (χ0n) is 17.3. The number of hydrogen-bond acceptors (Lipinski definition) is 6. The van der Waals surface area contributed by atoms with E-state index in [0.29, 0.717) is 35.5 Å². The molecule has 1 aromatic carbocycles. The Kier molecular flexibility index (Phi) is 6.78. The number of nitrogens with zero attached hydrogens (tertiary/aromatic N) is 4. The molecule has 0 saturated carbocycles. The SMILES string of the molecule is C[C@@H](CO)Nc1ncc2c(n1)CN(C(=O)NC(c1ccc(Cl)c(Cl)c1)c1ccn[nH]1)CC2. The number of nitrogens with one attached hydrogen (secondary N) is 3. The van der Waals surface area contributed by atoms with E-state index in [2.05, 4.69) is 30.8 Å². The molecule has 3 heterocycles. The normalized spacial score (nSPS) is 15.1. The Hall–Kier alpha value is -2.88. The molecule has 2 atom stereocenters. The fourth-order valence-electron chi connectivity index (χ4n) is 3.49. The van der Waals surface area contributed by atoms with Crippen LogP contribution in [-0.4, -0.2) is 55.4 Å². The van der Waals surface area contributed by atoms with Crippen LogP contribution in [0.1, 0.15) is 35.5 Å². The number of aliphatic hydroxyl groups is 1. The van der Waals surface area contributed by atoms with Crippen LogP contribution in [0.5, 0.6) is 0 Å². The van der Waals surface area contributed by atoms with Crippen LogP contribution in [0.3, 0.4) is 0 Å². The third-order valence-electron chi connectivity index (χ3n) is 5.26. The maximum atomic E-state index is 13.2. The predicted molar refractivity (Wildman–Crippen MR) is 122 cm³/mol. The minimum absolute atomic E-state index is 0.0291. The minimum atomic E-state index is -0.478. The number of carbonyl (C=O) groups is 1. The van der Waals surface area contributed by atoms with Gasteiger partial charge in [-0.1, -0.05) is 29.3 Å². The average molecular weight is 476 g/mol. The van der Waals surface area contributed by atoms with Crippen LogP contribution in [0.4, 0.5) is 10.7 Å². The van der Waals surface area contributed by atoms with Crippen LogP contribution in [0, 0.1) is 0 Å². The summed E-state index contributed by atoms with van der Waals surface area (Å²) in [7, 11) is 0. The standard InChI is InChI=1S/C21H23Cl2N7O2/c1-12(11-31)26-20-24-9-14-5-7-30(10-18(14)27-20)21(32)28-19(17-4-6-25-29-17)13-2-3-15(22)16(23)8-13/h2-4,6,8-9,12,19,31H,5,7,10-11H2,1H3,(H,25,29)(H,28,32)(H,24,26,27)/t12-,19?/m0/s1. The lowest BCUT2D eigenvalue weighted by atomic mass is 10.0. The van der Waals surface area contributed by atoms with Gasteiger partial charge >= 0.3 is 6.03 Å². The molecule has 0 radical (unpaired) electrons. The number of aliphatic hydroxyl groups excluding tert-OH is 1. The van der Waals surface area contributed by atoms with E-state index in [-0.39, 0.29) is 18.7 Å². The third kappa shape index (κ3) is 4.95. The number of aromatic amines is 1. The van der Waals surface area contributed by atoms with Crippen molar-refractivity contribution in [3.8, 4) is 0 Å². The first-order chi connectivity index (χ1) is 15.4. The van der Waals surface area contributed by atoms with E-state index >= 15 is 0 Å². The second-order valence-corrected chi connectivity index (χ2v) is 8.45. The Morgan fingerprint density at radius 2 is 2.16 bits per heavy atom. The highest BCUT2D eigenvalue weighted by Crippen LogP contribution is 2.29. The van der Waals surface area contributed by atoms with E-state index in [0.717, 1.165) is 22.5 Å². The maximum absolute atomic E-state index is 13.2. The first kappa shape index (κ1) is 22.3. The number of amides is 2. The van der Waals surface area contributed by atoms with Crippen LogP contribution >= 0.6 is 23.2 Å². The summed E-state index contributed by atoms with van der Waals surface area (Å²) in [6.45, 7) is 2.70. The fourth-order valence-corrected chi connectivity index (χ4v) is 3.79. The number of fused-ring (bicyclic) bond motifs is 1. The Morgan fingerprint density at radius 1 is 1.31 bits per heavy atom. The molecule has 168 valence electrons. The van der Waals surface area contributed by atoms with E-state index in [4.69, 9.17) is 23.2 Å². The summed E-state index contributed by atoms with van der Waals surface area (Å²) >= 11 is 12.3. The van der Waals surface area contributed by atoms with E-state index in [1.54, 1.807) is 35.5 Å². The number of rotatable bonds is 6. The van der Waals surface area contributed by atoms with Gasteiger partial charge in [0.05, 0.1) is 40.6 Å². The Labute approximate surface area is 195 Å². The van der Waals surface area contributed by atoms with Crippen molar-refractivity contribution >= 4 is 35.2 Å². The van der Waals surface area contributed by atoms with Gasteiger partial charge in [-0.25, -0.2) is 14.8 Å². The number of carbonyl (C=O) groups excluding carboxylic acids is 1. The molecule has 0 saturated heterocycles. The smallest absolute Gasteiger partial charge is 0.318 e. The molecule has 1 unspecified atom stereocenters. The van der Waals surface area contributed by atoms with Crippen molar-refractivity contribution < 1.29 is 9.90 Å². The van der Waals surface area contributed by atoms with Gasteiger partial charge in [0, 0.05) is 25.0 Å². The highest BCUT2D eigenvalue weighted by Gasteiger charge is 2.26. The van der Waals surface area contributed by atoms with Gasteiger partial charge in [0.25, 0.3) is 0 Å². The monoisotopic (exact) mass is 475 g/mol. The first-order valence-electron chi connectivity index (χ1n) is 10.2. The number of halogens is 2. The average Bonchev–Trinajstić information content (AvgIpc) is 3.33. The van der Waals surface area contributed by atoms with E-state index in [9.17, 15) is 9.90 Å². The second kappa shape index (κ2) is 9.72. The van der Waals surface area contributed by atoms with Crippen molar-refractivity contribution in [1.82, 2.24) is 30.4 Å². The van der Waals surface area contributed by atoms with Crippen molar-refractivity contribution in [2.45, 2.75) is 32.0 Å². The summed E-state index contributed by atoms with van der Waals surface area (Å²) in [5.74, 6) is 0.429. The second-order valence-electron chi connectivity index (χ2n) is 7.63. The van der Waals surface area contributed by atoms with Crippen molar-refractivity contribution in [2.24, 2.45) is 0 Å². The lowest BCUT2D eigenvalue weighted by Crippen LogP contribution is -2.44. The molecule has 0 spiro atoms. The molecule has 32 heavy (non-hydrogen) atoms. The molecular formula is C21H23Cl2N7O2. The van der Waals surface area contributed by atoms with Gasteiger partial charge in [0.2, 0.25) is 5.95 Å². The number of H-pyrrole nitrogens is 1. The molecule has 0 bridgehead atoms. The van der Waals surface area contributed by atoms with Gasteiger partial charge in [0.1, 0.15) is 0 Å². The molecule has 1 aliphatic heterocycles. The van der Waals surface area contributed by atoms with Crippen LogP contribution in [0.2, 0.25) is 10.0 Å².